The maximum Gasteiger partial charge on any atom is 0.270 e. The lowest BCUT2D eigenvalue weighted by atomic mass is 10.0. The number of hydrogen-bond acceptors (Lipinski definition) is 4. The normalized spacial score (nSPS) is 15.5. The number of nitrogens with zero attached hydrogens (tertiary/aromatic N) is 2. The molecule has 1 amide bonds. The fourth-order valence-corrected chi connectivity index (χ4v) is 4.75. The Morgan fingerprint density at radius 3 is 2.69 bits per heavy atom. The molecule has 0 atom stereocenters. The molecule has 1 aliphatic heterocycles. The van der Waals surface area contributed by atoms with Crippen LogP contribution in [0.2, 0.25) is 0 Å². The number of hydrogen-bond donors (Lipinski definition) is 2. The predicted octanol–water partition coefficient (Wildman–Crippen LogP) is 5.02. The summed E-state index contributed by atoms with van der Waals surface area (Å²) in [7, 11) is 0. The fraction of sp³-hybridized carbons (Fsp3) is 0.440. The van der Waals surface area contributed by atoms with Gasteiger partial charge in [-0.25, -0.2) is 9.37 Å². The summed E-state index contributed by atoms with van der Waals surface area (Å²) < 4.78 is 20.5. The first-order chi connectivity index (χ1) is 15.5. The molecule has 5 rings (SSSR count). The molecule has 32 heavy (non-hydrogen) atoms. The SMILES string of the molecule is CCC(CC)N(Cc1ccc(C2CC2)cc1F)C(=O)c1cc2nc(N)c3c(c2[nH]1)COC3. The number of anilines is 1. The Labute approximate surface area is 187 Å². The second-order valence-electron chi connectivity index (χ2n) is 8.92. The topological polar surface area (TPSA) is 84.2 Å². The third kappa shape index (κ3) is 3.64. The highest BCUT2D eigenvalue weighted by Gasteiger charge is 2.28. The van der Waals surface area contributed by atoms with E-state index in [2.05, 4.69) is 23.8 Å². The number of nitrogen functional groups attached to an aromatic ring is 1. The Bertz CT molecular complexity index is 1180. The molecule has 1 saturated carbocycles. The Balaban J connectivity index is 1.49. The molecule has 3 aromatic rings. The van der Waals surface area contributed by atoms with Gasteiger partial charge in [0.25, 0.3) is 5.91 Å². The summed E-state index contributed by atoms with van der Waals surface area (Å²) in [5.74, 6) is 0.540. The zero-order chi connectivity index (χ0) is 22.4. The number of nitrogens with two attached hydrogens (primary N) is 1. The van der Waals surface area contributed by atoms with Gasteiger partial charge in [-0.3, -0.25) is 4.79 Å². The van der Waals surface area contributed by atoms with Crippen LogP contribution in [-0.4, -0.2) is 26.8 Å². The van der Waals surface area contributed by atoms with E-state index in [4.69, 9.17) is 10.5 Å². The molecule has 0 spiro atoms. The number of aromatic nitrogens is 2. The average Bonchev–Trinajstić information content (AvgIpc) is 3.35. The molecule has 1 fully saturated rings. The summed E-state index contributed by atoms with van der Waals surface area (Å²) >= 11 is 0. The number of rotatable bonds is 7. The van der Waals surface area contributed by atoms with E-state index < -0.39 is 0 Å². The molecule has 2 aromatic heterocycles. The number of benzene rings is 1. The first-order valence-corrected chi connectivity index (χ1v) is 11.5. The zero-order valence-electron chi connectivity index (χ0n) is 18.6. The molecule has 7 heteroatoms. The second kappa shape index (κ2) is 8.20. The van der Waals surface area contributed by atoms with E-state index in [0.717, 1.165) is 47.9 Å². The number of H-pyrrole nitrogens is 1. The Morgan fingerprint density at radius 2 is 2.00 bits per heavy atom. The van der Waals surface area contributed by atoms with Crippen molar-refractivity contribution in [1.29, 1.82) is 0 Å². The summed E-state index contributed by atoms with van der Waals surface area (Å²) in [6.45, 7) is 5.22. The van der Waals surface area contributed by atoms with Crippen LogP contribution in [0.5, 0.6) is 0 Å². The molecule has 3 N–H and O–H groups in total. The van der Waals surface area contributed by atoms with Gasteiger partial charge >= 0.3 is 0 Å². The van der Waals surface area contributed by atoms with Gasteiger partial charge in [-0.15, -0.1) is 0 Å². The lowest BCUT2D eigenvalue weighted by molar-refractivity contribution is 0.0642. The number of amides is 1. The molecule has 0 saturated heterocycles. The molecular weight excluding hydrogens is 407 g/mol. The van der Waals surface area contributed by atoms with Crippen molar-refractivity contribution in [2.75, 3.05) is 5.73 Å². The van der Waals surface area contributed by atoms with Crippen molar-refractivity contribution >= 4 is 22.8 Å². The summed E-state index contributed by atoms with van der Waals surface area (Å²) in [6.07, 6.45) is 3.84. The molecule has 0 radical (unpaired) electrons. The van der Waals surface area contributed by atoms with Crippen LogP contribution in [0.4, 0.5) is 10.2 Å². The lowest BCUT2D eigenvalue weighted by Crippen LogP contribution is -2.39. The number of ether oxygens (including phenoxy) is 1. The van der Waals surface area contributed by atoms with E-state index in [1.165, 1.54) is 0 Å². The van der Waals surface area contributed by atoms with Crippen molar-refractivity contribution in [3.63, 3.8) is 0 Å². The Morgan fingerprint density at radius 1 is 1.25 bits per heavy atom. The van der Waals surface area contributed by atoms with Crippen molar-refractivity contribution in [2.45, 2.75) is 71.2 Å². The van der Waals surface area contributed by atoms with Gasteiger partial charge in [-0.2, -0.15) is 0 Å². The number of carbonyl (C=O) groups excluding carboxylic acids is 1. The quantitative estimate of drug-likeness (QED) is 0.544. The van der Waals surface area contributed by atoms with Crippen molar-refractivity contribution < 1.29 is 13.9 Å². The van der Waals surface area contributed by atoms with Crippen molar-refractivity contribution in [3.8, 4) is 0 Å². The molecule has 1 aliphatic carbocycles. The number of aromatic amines is 1. The number of nitrogens with one attached hydrogen (secondary N) is 1. The fourth-order valence-electron chi connectivity index (χ4n) is 4.75. The number of carbonyl (C=O) groups is 1. The summed E-state index contributed by atoms with van der Waals surface area (Å²) in [4.78, 5) is 23.1. The largest absolute Gasteiger partial charge is 0.383 e. The lowest BCUT2D eigenvalue weighted by Gasteiger charge is -2.30. The molecule has 0 unspecified atom stereocenters. The van der Waals surface area contributed by atoms with Gasteiger partial charge in [0.2, 0.25) is 0 Å². The average molecular weight is 437 g/mol. The summed E-state index contributed by atoms with van der Waals surface area (Å²) in [5.41, 5.74) is 11.4. The van der Waals surface area contributed by atoms with E-state index >= 15 is 0 Å². The molecule has 168 valence electrons. The van der Waals surface area contributed by atoms with Gasteiger partial charge in [0.1, 0.15) is 17.3 Å². The van der Waals surface area contributed by atoms with Gasteiger partial charge in [-0.1, -0.05) is 26.0 Å². The van der Waals surface area contributed by atoms with Crippen LogP contribution in [0.25, 0.3) is 11.0 Å². The standard InChI is InChI=1S/C25H29FN4O2/c1-3-17(4-2)30(11-16-8-7-15(9-20(16)26)14-5-6-14)25(31)22-10-21-23(28-22)18-12-32-13-19(18)24(27)29-21/h7-10,14,17,28H,3-6,11-13H2,1-2H3,(H2,27,29). The second-order valence-corrected chi connectivity index (χ2v) is 8.92. The third-order valence-corrected chi connectivity index (χ3v) is 6.85. The van der Waals surface area contributed by atoms with E-state index in [0.29, 0.717) is 41.7 Å². The first kappa shape index (κ1) is 20.9. The van der Waals surface area contributed by atoms with Crippen molar-refractivity contribution in [2.24, 2.45) is 0 Å². The minimum Gasteiger partial charge on any atom is -0.383 e. The van der Waals surface area contributed by atoms with Crippen LogP contribution in [0.15, 0.2) is 24.3 Å². The van der Waals surface area contributed by atoms with E-state index in [1.54, 1.807) is 17.0 Å². The first-order valence-electron chi connectivity index (χ1n) is 11.5. The highest BCUT2D eigenvalue weighted by molar-refractivity contribution is 5.98. The molecule has 2 aliphatic rings. The number of pyridine rings is 1. The van der Waals surface area contributed by atoms with Crippen LogP contribution in [0.1, 0.15) is 78.2 Å². The maximum absolute atomic E-state index is 14.9. The predicted molar refractivity (Wildman–Crippen MR) is 122 cm³/mol. The monoisotopic (exact) mass is 436 g/mol. The summed E-state index contributed by atoms with van der Waals surface area (Å²) in [6, 6.07) is 7.23. The van der Waals surface area contributed by atoms with Gasteiger partial charge in [0, 0.05) is 29.3 Å². The highest BCUT2D eigenvalue weighted by Crippen LogP contribution is 2.40. The molecule has 3 heterocycles. The van der Waals surface area contributed by atoms with E-state index in [-0.39, 0.29) is 24.3 Å². The molecule has 6 nitrogen and oxygen atoms in total. The van der Waals surface area contributed by atoms with Crippen LogP contribution >= 0.6 is 0 Å². The van der Waals surface area contributed by atoms with Crippen LogP contribution in [0.3, 0.4) is 0 Å². The van der Waals surface area contributed by atoms with Gasteiger partial charge in [-0.05, 0) is 49.3 Å². The molecular formula is C25H29FN4O2. The van der Waals surface area contributed by atoms with Gasteiger partial charge < -0.3 is 20.4 Å². The van der Waals surface area contributed by atoms with Gasteiger partial charge in [0.05, 0.1) is 24.2 Å². The van der Waals surface area contributed by atoms with Crippen LogP contribution in [0, 0.1) is 5.82 Å². The molecule has 0 bridgehead atoms. The Hall–Kier alpha value is -2.93. The minimum absolute atomic E-state index is 0.00324. The number of fused-ring (bicyclic) bond motifs is 3. The number of halogens is 1. The van der Waals surface area contributed by atoms with Crippen molar-refractivity contribution in [1.82, 2.24) is 14.9 Å². The maximum atomic E-state index is 14.9. The Kier molecular flexibility index (Phi) is 5.37. The van der Waals surface area contributed by atoms with Gasteiger partial charge in [0.15, 0.2) is 0 Å². The minimum atomic E-state index is -0.237. The zero-order valence-corrected chi connectivity index (χ0v) is 18.6. The van der Waals surface area contributed by atoms with E-state index in [1.807, 2.05) is 12.1 Å². The van der Waals surface area contributed by atoms with E-state index in [9.17, 15) is 9.18 Å². The van der Waals surface area contributed by atoms with Crippen molar-refractivity contribution in [3.05, 3.63) is 58.0 Å². The molecule has 1 aromatic carbocycles. The van der Waals surface area contributed by atoms with Crippen LogP contribution in [-0.2, 0) is 24.5 Å². The highest BCUT2D eigenvalue weighted by atomic mass is 19.1. The smallest absolute Gasteiger partial charge is 0.270 e. The van der Waals surface area contributed by atoms with Crippen LogP contribution < -0.4 is 5.73 Å². The third-order valence-electron chi connectivity index (χ3n) is 6.85. The summed E-state index contributed by atoms with van der Waals surface area (Å²) in [5, 5.41) is 0.